The van der Waals surface area contributed by atoms with E-state index in [0.717, 1.165) is 13.0 Å². The molecule has 2 aliphatic heterocycles. The van der Waals surface area contributed by atoms with Crippen LogP contribution in [0.25, 0.3) is 0 Å². The predicted molar refractivity (Wildman–Crippen MR) is 86.6 cm³/mol. The molecule has 0 bridgehead atoms. The third kappa shape index (κ3) is 2.77. The molecule has 1 fully saturated rings. The molecule has 1 N–H and O–H groups in total. The van der Waals surface area contributed by atoms with Crippen molar-refractivity contribution in [3.05, 3.63) is 21.9 Å². The van der Waals surface area contributed by atoms with Gasteiger partial charge in [0.1, 0.15) is 6.04 Å². The molecule has 0 spiro atoms. The van der Waals surface area contributed by atoms with E-state index in [-0.39, 0.29) is 24.0 Å². The Morgan fingerprint density at radius 2 is 2.18 bits per heavy atom. The van der Waals surface area contributed by atoms with Gasteiger partial charge in [0.05, 0.1) is 6.67 Å². The lowest BCUT2D eigenvalue weighted by Gasteiger charge is -2.35. The fourth-order valence-corrected chi connectivity index (χ4v) is 4.24. The molecular formula is C16H23N3O2S. The van der Waals surface area contributed by atoms with E-state index in [2.05, 4.69) is 42.4 Å². The lowest BCUT2D eigenvalue weighted by atomic mass is 10.0. The predicted octanol–water partition coefficient (Wildman–Crippen LogP) is 2.59. The maximum absolute atomic E-state index is 12.4. The molecule has 2 aliphatic rings. The third-order valence-corrected chi connectivity index (χ3v) is 5.54. The van der Waals surface area contributed by atoms with E-state index in [4.69, 9.17) is 0 Å². The molecule has 0 saturated carbocycles. The molecule has 120 valence electrons. The number of imide groups is 1. The average Bonchev–Trinajstić information content (AvgIpc) is 3.02. The molecule has 0 aromatic carbocycles. The average molecular weight is 321 g/mol. The SMILES string of the molecule is CC(C)CC1NC(=O)N(CN2CCc3sccc3C2C)C1=O. The van der Waals surface area contributed by atoms with Crippen LogP contribution in [0, 0.1) is 5.92 Å². The molecule has 0 radical (unpaired) electrons. The van der Waals surface area contributed by atoms with Gasteiger partial charge in [-0.05, 0) is 42.7 Å². The van der Waals surface area contributed by atoms with Crippen molar-refractivity contribution in [3.8, 4) is 0 Å². The summed E-state index contributed by atoms with van der Waals surface area (Å²) in [4.78, 5) is 29.6. The maximum atomic E-state index is 12.4. The van der Waals surface area contributed by atoms with Crippen LogP contribution in [0.2, 0.25) is 0 Å². The summed E-state index contributed by atoms with van der Waals surface area (Å²) in [6, 6.07) is 1.80. The number of hydrogen-bond acceptors (Lipinski definition) is 4. The molecule has 2 atom stereocenters. The molecule has 1 aromatic heterocycles. The zero-order valence-corrected chi connectivity index (χ0v) is 14.2. The van der Waals surface area contributed by atoms with E-state index in [1.165, 1.54) is 15.3 Å². The first-order chi connectivity index (χ1) is 10.5. The standard InChI is InChI=1S/C16H23N3O2S/c1-10(2)8-13-15(20)19(16(21)17-13)9-18-6-4-14-12(11(18)3)5-7-22-14/h5,7,10-11,13H,4,6,8-9H2,1-3H3,(H,17,21). The molecule has 1 aromatic rings. The van der Waals surface area contributed by atoms with Crippen molar-refractivity contribution < 1.29 is 9.59 Å². The van der Waals surface area contributed by atoms with Crippen molar-refractivity contribution in [2.45, 2.75) is 45.7 Å². The largest absolute Gasteiger partial charge is 0.326 e. The Bertz CT molecular complexity index is 584. The number of nitrogens with zero attached hydrogens (tertiary/aromatic N) is 2. The highest BCUT2D eigenvalue weighted by molar-refractivity contribution is 7.10. The summed E-state index contributed by atoms with van der Waals surface area (Å²) >= 11 is 1.80. The van der Waals surface area contributed by atoms with E-state index in [0.29, 0.717) is 19.0 Å². The lowest BCUT2D eigenvalue weighted by Crippen LogP contribution is -2.45. The quantitative estimate of drug-likeness (QED) is 0.867. The van der Waals surface area contributed by atoms with Crippen LogP contribution in [0.5, 0.6) is 0 Å². The van der Waals surface area contributed by atoms with Crippen LogP contribution in [-0.2, 0) is 11.2 Å². The zero-order valence-electron chi connectivity index (χ0n) is 13.3. The van der Waals surface area contributed by atoms with Gasteiger partial charge in [-0.1, -0.05) is 13.8 Å². The summed E-state index contributed by atoms with van der Waals surface area (Å²) in [5.41, 5.74) is 1.34. The summed E-state index contributed by atoms with van der Waals surface area (Å²) in [5.74, 6) is 0.304. The van der Waals surface area contributed by atoms with E-state index in [9.17, 15) is 9.59 Å². The highest BCUT2D eigenvalue weighted by atomic mass is 32.1. The highest BCUT2D eigenvalue weighted by Crippen LogP contribution is 2.33. The smallest absolute Gasteiger partial charge is 0.325 e. The molecule has 3 amide bonds. The van der Waals surface area contributed by atoms with Gasteiger partial charge in [0.15, 0.2) is 0 Å². The summed E-state index contributed by atoms with van der Waals surface area (Å²) in [5, 5.41) is 4.94. The first-order valence-corrected chi connectivity index (χ1v) is 8.77. The number of carbonyl (C=O) groups is 2. The van der Waals surface area contributed by atoms with Gasteiger partial charge in [-0.25, -0.2) is 9.69 Å². The van der Waals surface area contributed by atoms with Crippen molar-refractivity contribution in [3.63, 3.8) is 0 Å². The van der Waals surface area contributed by atoms with Crippen LogP contribution in [-0.4, -0.2) is 41.0 Å². The van der Waals surface area contributed by atoms with Crippen LogP contribution in [0.4, 0.5) is 4.79 Å². The molecule has 0 aliphatic carbocycles. The molecule has 2 unspecified atom stereocenters. The van der Waals surface area contributed by atoms with E-state index < -0.39 is 0 Å². The minimum atomic E-state index is -0.357. The molecule has 6 heteroatoms. The number of rotatable bonds is 4. The Morgan fingerprint density at radius 1 is 1.41 bits per heavy atom. The first-order valence-electron chi connectivity index (χ1n) is 7.89. The van der Waals surface area contributed by atoms with E-state index in [1.807, 2.05) is 0 Å². The summed E-state index contributed by atoms with van der Waals surface area (Å²) in [6.45, 7) is 7.55. The molecule has 3 rings (SSSR count). The Morgan fingerprint density at radius 3 is 2.91 bits per heavy atom. The summed E-state index contributed by atoms with van der Waals surface area (Å²) in [7, 11) is 0. The number of thiophene rings is 1. The van der Waals surface area contributed by atoms with Gasteiger partial charge in [0.2, 0.25) is 0 Å². The van der Waals surface area contributed by atoms with Crippen LogP contribution < -0.4 is 5.32 Å². The fraction of sp³-hybridized carbons (Fsp3) is 0.625. The van der Waals surface area contributed by atoms with E-state index >= 15 is 0 Å². The second-order valence-corrected chi connectivity index (χ2v) is 7.58. The first kappa shape index (κ1) is 15.5. The number of nitrogens with one attached hydrogen (secondary N) is 1. The monoisotopic (exact) mass is 321 g/mol. The van der Waals surface area contributed by atoms with Crippen LogP contribution in [0.3, 0.4) is 0 Å². The minimum absolute atomic E-state index is 0.0815. The Hall–Kier alpha value is -1.40. The molecule has 22 heavy (non-hydrogen) atoms. The Kier molecular flexibility index (Phi) is 4.23. The number of urea groups is 1. The third-order valence-electron chi connectivity index (χ3n) is 4.54. The van der Waals surface area contributed by atoms with Gasteiger partial charge in [-0.2, -0.15) is 0 Å². The number of carbonyl (C=O) groups excluding carboxylic acids is 2. The van der Waals surface area contributed by atoms with Gasteiger partial charge in [0, 0.05) is 17.5 Å². The second kappa shape index (κ2) is 6.01. The number of fused-ring (bicyclic) bond motifs is 1. The van der Waals surface area contributed by atoms with Gasteiger partial charge in [0.25, 0.3) is 5.91 Å². The highest BCUT2D eigenvalue weighted by Gasteiger charge is 2.40. The summed E-state index contributed by atoms with van der Waals surface area (Å²) in [6.07, 6.45) is 1.70. The zero-order chi connectivity index (χ0) is 15.9. The minimum Gasteiger partial charge on any atom is -0.326 e. The van der Waals surface area contributed by atoms with Crippen molar-refractivity contribution in [2.24, 2.45) is 5.92 Å². The Labute approximate surface area is 135 Å². The maximum Gasteiger partial charge on any atom is 0.325 e. The van der Waals surface area contributed by atoms with Crippen LogP contribution in [0.15, 0.2) is 11.4 Å². The molecule has 1 saturated heterocycles. The number of hydrogen-bond donors (Lipinski definition) is 1. The molecule has 5 nitrogen and oxygen atoms in total. The molecular weight excluding hydrogens is 298 g/mol. The van der Waals surface area contributed by atoms with Gasteiger partial charge < -0.3 is 5.32 Å². The van der Waals surface area contributed by atoms with Crippen molar-refractivity contribution in [2.75, 3.05) is 13.2 Å². The summed E-state index contributed by atoms with van der Waals surface area (Å²) < 4.78 is 0. The van der Waals surface area contributed by atoms with Gasteiger partial charge >= 0.3 is 6.03 Å². The van der Waals surface area contributed by atoms with E-state index in [1.54, 1.807) is 11.3 Å². The van der Waals surface area contributed by atoms with Gasteiger partial charge in [-0.15, -0.1) is 11.3 Å². The van der Waals surface area contributed by atoms with Crippen LogP contribution >= 0.6 is 11.3 Å². The number of amides is 3. The van der Waals surface area contributed by atoms with Crippen molar-refractivity contribution >= 4 is 23.3 Å². The van der Waals surface area contributed by atoms with Crippen molar-refractivity contribution in [1.82, 2.24) is 15.1 Å². The topological polar surface area (TPSA) is 52.7 Å². The fourth-order valence-electron chi connectivity index (χ4n) is 3.28. The Balaban J connectivity index is 1.69. The second-order valence-electron chi connectivity index (χ2n) is 6.58. The lowest BCUT2D eigenvalue weighted by molar-refractivity contribution is -0.129. The normalized spacial score (nSPS) is 25.7. The molecule has 3 heterocycles. The van der Waals surface area contributed by atoms with Gasteiger partial charge in [-0.3, -0.25) is 9.69 Å². The van der Waals surface area contributed by atoms with Crippen LogP contribution in [0.1, 0.15) is 43.7 Å². The van der Waals surface area contributed by atoms with Crippen molar-refractivity contribution in [1.29, 1.82) is 0 Å².